The van der Waals surface area contributed by atoms with Gasteiger partial charge in [-0.25, -0.2) is 8.42 Å². The van der Waals surface area contributed by atoms with Gasteiger partial charge in [0, 0.05) is 19.3 Å². The highest BCUT2D eigenvalue weighted by atomic mass is 127. The Morgan fingerprint density at radius 3 is 2.41 bits per heavy atom. The van der Waals surface area contributed by atoms with Gasteiger partial charge in [-0.2, -0.15) is 0 Å². The highest BCUT2D eigenvalue weighted by molar-refractivity contribution is 14.0. The Bertz CT molecular complexity index is 752. The molecule has 0 unspecified atom stereocenters. The number of guanidine groups is 1. The fourth-order valence-corrected chi connectivity index (χ4v) is 2.67. The number of sulfone groups is 1. The summed E-state index contributed by atoms with van der Waals surface area (Å²) in [6, 6.07) is 5.97. The second kappa shape index (κ2) is 13.1. The number of benzene rings is 1. The molecule has 29 heavy (non-hydrogen) atoms. The normalized spacial score (nSPS) is 12.1. The molecule has 0 aromatic heterocycles. The number of nitrogens with one attached hydrogen (secondary N) is 2. The van der Waals surface area contributed by atoms with Crippen LogP contribution in [-0.2, 0) is 16.3 Å². The van der Waals surface area contributed by atoms with Gasteiger partial charge in [0.15, 0.2) is 27.3 Å². The Morgan fingerprint density at radius 1 is 1.17 bits per heavy atom. The average Bonchev–Trinajstić information content (AvgIpc) is 2.62. The van der Waals surface area contributed by atoms with Gasteiger partial charge in [-0.15, -0.1) is 24.0 Å². The molecule has 2 N–H and O–H groups in total. The lowest BCUT2D eigenvalue weighted by Gasteiger charge is -2.21. The molecule has 7 nitrogen and oxygen atoms in total. The summed E-state index contributed by atoms with van der Waals surface area (Å²) in [5.74, 6) is 2.12. The number of hydrogen-bond donors (Lipinski definition) is 2. The summed E-state index contributed by atoms with van der Waals surface area (Å²) < 4.78 is 33.7. The quantitative estimate of drug-likeness (QED) is 0.194. The van der Waals surface area contributed by atoms with Crippen LogP contribution in [-0.4, -0.2) is 58.7 Å². The van der Waals surface area contributed by atoms with Crippen molar-refractivity contribution in [3.05, 3.63) is 23.8 Å². The number of hydrogen-bond acceptors (Lipinski definition) is 5. The highest BCUT2D eigenvalue weighted by Gasteiger charge is 2.29. The minimum atomic E-state index is -3.17. The third-order valence-electron chi connectivity index (χ3n) is 4.43. The molecule has 0 aliphatic carbocycles. The van der Waals surface area contributed by atoms with Gasteiger partial charge < -0.3 is 20.1 Å². The summed E-state index contributed by atoms with van der Waals surface area (Å²) in [5.41, 5.74) is 1.17. The predicted octanol–water partition coefficient (Wildman–Crippen LogP) is 3.02. The van der Waals surface area contributed by atoms with E-state index in [0.717, 1.165) is 30.9 Å². The Balaban J connectivity index is 0.00000784. The van der Waals surface area contributed by atoms with Gasteiger partial charge in [-0.3, -0.25) is 4.99 Å². The third-order valence-corrected chi connectivity index (χ3v) is 6.57. The zero-order valence-corrected chi connectivity index (χ0v) is 21.5. The average molecular weight is 541 g/mol. The van der Waals surface area contributed by atoms with Crippen LogP contribution in [0.15, 0.2) is 23.2 Å². The Morgan fingerprint density at radius 2 is 1.86 bits per heavy atom. The standard InChI is InChI=1S/C20H35N3O4S.HI/c1-7-21-19(23-15-20(3,4)28(6,24)25)22-13-9-10-16-11-12-17(26-5)18(14-16)27-8-2;/h11-12,14H,7-10,13,15H2,1-6H3,(H2,21,22,23);1H. The van der Waals surface area contributed by atoms with Gasteiger partial charge in [0.05, 0.1) is 25.0 Å². The zero-order valence-electron chi connectivity index (χ0n) is 18.4. The van der Waals surface area contributed by atoms with E-state index < -0.39 is 14.6 Å². The minimum Gasteiger partial charge on any atom is -0.493 e. The van der Waals surface area contributed by atoms with Gasteiger partial charge >= 0.3 is 0 Å². The molecular weight excluding hydrogens is 505 g/mol. The van der Waals surface area contributed by atoms with Gasteiger partial charge in [-0.1, -0.05) is 6.07 Å². The first kappa shape index (κ1) is 27.8. The van der Waals surface area contributed by atoms with Crippen LogP contribution in [0.1, 0.15) is 39.7 Å². The zero-order chi connectivity index (χ0) is 21.2. The van der Waals surface area contributed by atoms with Gasteiger partial charge in [0.2, 0.25) is 0 Å². The van der Waals surface area contributed by atoms with Crippen molar-refractivity contribution in [1.82, 2.24) is 10.6 Å². The molecular formula is C20H36IN3O4S. The van der Waals surface area contributed by atoms with Crippen LogP contribution in [0.5, 0.6) is 11.5 Å². The van der Waals surface area contributed by atoms with E-state index in [1.807, 2.05) is 32.0 Å². The van der Waals surface area contributed by atoms with Crippen molar-refractivity contribution in [2.75, 3.05) is 39.6 Å². The van der Waals surface area contributed by atoms with Crippen molar-refractivity contribution >= 4 is 39.8 Å². The summed E-state index contributed by atoms with van der Waals surface area (Å²) >= 11 is 0. The van der Waals surface area contributed by atoms with Crippen LogP contribution in [0.4, 0.5) is 0 Å². The number of halogens is 1. The smallest absolute Gasteiger partial charge is 0.191 e. The summed E-state index contributed by atoms with van der Waals surface area (Å²) in [6.45, 7) is 9.53. The molecule has 0 saturated carbocycles. The number of aliphatic imine (C=N–C) groups is 1. The van der Waals surface area contributed by atoms with Gasteiger partial charge in [0.1, 0.15) is 0 Å². The maximum atomic E-state index is 11.8. The number of methoxy groups -OCH3 is 1. The lowest BCUT2D eigenvalue weighted by Crippen LogP contribution is -2.41. The van der Waals surface area contributed by atoms with Crippen LogP contribution >= 0.6 is 24.0 Å². The summed E-state index contributed by atoms with van der Waals surface area (Å²) in [4.78, 5) is 4.44. The SMILES string of the molecule is CCNC(=NCC(C)(C)S(C)(=O)=O)NCCCc1ccc(OC)c(OCC)c1.I. The van der Waals surface area contributed by atoms with E-state index in [1.54, 1.807) is 21.0 Å². The highest BCUT2D eigenvalue weighted by Crippen LogP contribution is 2.28. The summed E-state index contributed by atoms with van der Waals surface area (Å²) in [5, 5.41) is 6.42. The van der Waals surface area contributed by atoms with Crippen LogP contribution < -0.4 is 20.1 Å². The van der Waals surface area contributed by atoms with E-state index in [9.17, 15) is 8.42 Å². The van der Waals surface area contributed by atoms with Crippen molar-refractivity contribution in [2.24, 2.45) is 4.99 Å². The number of ether oxygens (including phenoxy) is 2. The fraction of sp³-hybridized carbons (Fsp3) is 0.650. The molecule has 0 aliphatic heterocycles. The van der Waals surface area contributed by atoms with E-state index in [-0.39, 0.29) is 30.5 Å². The minimum absolute atomic E-state index is 0. The fourth-order valence-electron chi connectivity index (χ4n) is 2.37. The monoisotopic (exact) mass is 541 g/mol. The van der Waals surface area contributed by atoms with Crippen LogP contribution in [0, 0.1) is 0 Å². The van der Waals surface area contributed by atoms with Crippen LogP contribution in [0.25, 0.3) is 0 Å². The van der Waals surface area contributed by atoms with Crippen LogP contribution in [0.3, 0.4) is 0 Å². The number of rotatable bonds is 11. The first-order valence-electron chi connectivity index (χ1n) is 9.66. The van der Waals surface area contributed by atoms with Crippen molar-refractivity contribution in [1.29, 1.82) is 0 Å². The molecule has 0 atom stereocenters. The van der Waals surface area contributed by atoms with Crippen molar-refractivity contribution < 1.29 is 17.9 Å². The summed E-state index contributed by atoms with van der Waals surface area (Å²) in [6.07, 6.45) is 3.03. The Hall–Kier alpha value is -1.23. The first-order chi connectivity index (χ1) is 13.1. The lowest BCUT2D eigenvalue weighted by molar-refractivity contribution is 0.310. The van der Waals surface area contributed by atoms with E-state index in [2.05, 4.69) is 15.6 Å². The molecule has 0 aliphatic rings. The summed E-state index contributed by atoms with van der Waals surface area (Å²) in [7, 11) is -1.54. The Kier molecular flexibility index (Phi) is 12.6. The van der Waals surface area contributed by atoms with Crippen LogP contribution in [0.2, 0.25) is 0 Å². The van der Waals surface area contributed by atoms with Gasteiger partial charge in [0.25, 0.3) is 0 Å². The molecule has 0 spiro atoms. The second-order valence-electron chi connectivity index (χ2n) is 7.18. The van der Waals surface area contributed by atoms with Crippen molar-refractivity contribution in [2.45, 2.75) is 45.3 Å². The molecule has 0 saturated heterocycles. The van der Waals surface area contributed by atoms with E-state index in [0.29, 0.717) is 19.1 Å². The molecule has 0 amide bonds. The molecule has 9 heteroatoms. The number of nitrogens with zero attached hydrogens (tertiary/aromatic N) is 1. The van der Waals surface area contributed by atoms with E-state index >= 15 is 0 Å². The maximum absolute atomic E-state index is 11.8. The van der Waals surface area contributed by atoms with Gasteiger partial charge in [-0.05, 0) is 58.2 Å². The molecule has 0 fully saturated rings. The van der Waals surface area contributed by atoms with Crippen molar-refractivity contribution in [3.63, 3.8) is 0 Å². The largest absolute Gasteiger partial charge is 0.493 e. The van der Waals surface area contributed by atoms with Crippen molar-refractivity contribution in [3.8, 4) is 11.5 Å². The molecule has 0 radical (unpaired) electrons. The Labute approximate surface area is 193 Å². The first-order valence-corrected chi connectivity index (χ1v) is 11.5. The molecule has 168 valence electrons. The van der Waals surface area contributed by atoms with E-state index in [4.69, 9.17) is 9.47 Å². The molecule has 1 rings (SSSR count). The lowest BCUT2D eigenvalue weighted by atomic mass is 10.1. The molecule has 1 aromatic carbocycles. The second-order valence-corrected chi connectivity index (χ2v) is 9.83. The molecule has 0 bridgehead atoms. The topological polar surface area (TPSA) is 89.0 Å². The maximum Gasteiger partial charge on any atom is 0.191 e. The third kappa shape index (κ3) is 9.41. The van der Waals surface area contributed by atoms with E-state index in [1.165, 1.54) is 11.8 Å². The molecule has 0 heterocycles. The predicted molar refractivity (Wildman–Crippen MR) is 131 cm³/mol. The molecule has 1 aromatic rings. The number of aryl methyl sites for hydroxylation is 1.